The predicted molar refractivity (Wildman–Crippen MR) is 83.8 cm³/mol. The van der Waals surface area contributed by atoms with E-state index < -0.39 is 0 Å². The fourth-order valence-electron chi connectivity index (χ4n) is 1.86. The number of amides is 1. The molecule has 0 aliphatic heterocycles. The van der Waals surface area contributed by atoms with E-state index in [4.69, 9.17) is 4.74 Å². The molecule has 1 aromatic heterocycles. The zero-order chi connectivity index (χ0) is 14.4. The number of aromatic nitrogens is 1. The van der Waals surface area contributed by atoms with Crippen LogP contribution in [0.4, 0.5) is 5.69 Å². The van der Waals surface area contributed by atoms with Crippen LogP contribution in [0.2, 0.25) is 0 Å². The molecule has 20 heavy (non-hydrogen) atoms. The van der Waals surface area contributed by atoms with Gasteiger partial charge in [-0.15, -0.1) is 0 Å². The Bertz CT molecular complexity index is 601. The number of nitrogens with one attached hydrogen (secondary N) is 1. The largest absolute Gasteiger partial charge is 0.381 e. The number of hydrogen-bond acceptors (Lipinski definition) is 3. The molecule has 0 radical (unpaired) electrons. The molecule has 0 unspecified atom stereocenters. The van der Waals surface area contributed by atoms with Crippen molar-refractivity contribution in [3.05, 3.63) is 34.9 Å². The molecule has 0 bridgehead atoms. The van der Waals surface area contributed by atoms with E-state index in [1.54, 1.807) is 6.20 Å². The van der Waals surface area contributed by atoms with Gasteiger partial charge in [-0.3, -0.25) is 9.78 Å². The van der Waals surface area contributed by atoms with Gasteiger partial charge < -0.3 is 10.1 Å². The number of hydrogen-bond donors (Lipinski definition) is 1. The van der Waals surface area contributed by atoms with Crippen molar-refractivity contribution >= 4 is 38.4 Å². The summed E-state index contributed by atoms with van der Waals surface area (Å²) in [5, 5.41) is 3.87. The van der Waals surface area contributed by atoms with Crippen LogP contribution >= 0.6 is 15.9 Å². The molecule has 2 rings (SSSR count). The fraction of sp³-hybridized carbons (Fsp3) is 0.333. The van der Waals surface area contributed by atoms with E-state index in [9.17, 15) is 4.79 Å². The molecule has 1 N–H and O–H groups in total. The number of ether oxygens (including phenoxy) is 1. The Labute approximate surface area is 126 Å². The van der Waals surface area contributed by atoms with Crippen LogP contribution in [0.25, 0.3) is 10.9 Å². The first-order valence-corrected chi connectivity index (χ1v) is 7.42. The van der Waals surface area contributed by atoms with Crippen LogP contribution in [0.5, 0.6) is 0 Å². The van der Waals surface area contributed by atoms with Crippen LogP contribution in [-0.4, -0.2) is 24.1 Å². The molecule has 1 aromatic carbocycles. The summed E-state index contributed by atoms with van der Waals surface area (Å²) >= 11 is 3.39. The molecule has 0 spiro atoms. The topological polar surface area (TPSA) is 51.2 Å². The van der Waals surface area contributed by atoms with E-state index >= 15 is 0 Å². The molecular weight excluding hydrogens is 320 g/mol. The molecule has 0 atom stereocenters. The van der Waals surface area contributed by atoms with Gasteiger partial charge in [-0.05, 0) is 34.5 Å². The second-order valence-electron chi connectivity index (χ2n) is 4.44. The first-order chi connectivity index (χ1) is 9.70. The summed E-state index contributed by atoms with van der Waals surface area (Å²) < 4.78 is 6.23. The maximum Gasteiger partial charge on any atom is 0.226 e. The zero-order valence-electron chi connectivity index (χ0n) is 11.4. The highest BCUT2D eigenvalue weighted by atomic mass is 79.9. The van der Waals surface area contributed by atoms with Crippen molar-refractivity contribution in [3.63, 3.8) is 0 Å². The first kappa shape index (κ1) is 14.9. The third kappa shape index (κ3) is 4.02. The summed E-state index contributed by atoms with van der Waals surface area (Å²) in [7, 11) is 0. The monoisotopic (exact) mass is 336 g/mol. The Morgan fingerprint density at radius 3 is 3.05 bits per heavy atom. The van der Waals surface area contributed by atoms with Crippen LogP contribution in [0.1, 0.15) is 19.8 Å². The molecule has 0 saturated carbocycles. The van der Waals surface area contributed by atoms with Gasteiger partial charge >= 0.3 is 0 Å². The maximum absolute atomic E-state index is 11.9. The summed E-state index contributed by atoms with van der Waals surface area (Å²) in [5.41, 5.74) is 1.52. The van der Waals surface area contributed by atoms with E-state index in [0.717, 1.165) is 27.5 Å². The minimum atomic E-state index is -0.0571. The molecule has 1 amide bonds. The number of benzene rings is 1. The van der Waals surface area contributed by atoms with E-state index in [1.807, 2.05) is 31.2 Å². The lowest BCUT2D eigenvalue weighted by molar-refractivity contribution is -0.117. The number of fused-ring (bicyclic) bond motifs is 1. The van der Waals surface area contributed by atoms with Crippen molar-refractivity contribution in [2.75, 3.05) is 18.5 Å². The molecular formula is C15H17BrN2O2. The lowest BCUT2D eigenvalue weighted by Gasteiger charge is -2.08. The number of pyridine rings is 1. The number of carbonyl (C=O) groups excluding carboxylic acids is 1. The molecule has 4 nitrogen and oxygen atoms in total. The van der Waals surface area contributed by atoms with Gasteiger partial charge in [0.15, 0.2) is 0 Å². The molecule has 0 aliphatic rings. The van der Waals surface area contributed by atoms with Gasteiger partial charge in [0.25, 0.3) is 0 Å². The minimum absolute atomic E-state index is 0.0571. The Hall–Kier alpha value is -1.46. The molecule has 2 aromatic rings. The summed E-state index contributed by atoms with van der Waals surface area (Å²) in [6.45, 7) is 3.18. The average molecular weight is 337 g/mol. The maximum atomic E-state index is 11.9. The van der Waals surface area contributed by atoms with Gasteiger partial charge in [0.05, 0.1) is 24.2 Å². The Kier molecular flexibility index (Phi) is 5.49. The van der Waals surface area contributed by atoms with Gasteiger partial charge in [-0.1, -0.05) is 19.1 Å². The third-order valence-corrected chi connectivity index (χ3v) is 3.21. The second kappa shape index (κ2) is 7.36. The van der Waals surface area contributed by atoms with Gasteiger partial charge in [-0.25, -0.2) is 0 Å². The van der Waals surface area contributed by atoms with Crippen LogP contribution < -0.4 is 5.32 Å². The average Bonchev–Trinajstić information content (AvgIpc) is 2.43. The standard InChI is InChI=1S/C15H17BrN2O2/c1-2-7-20-8-6-14(19)18-13-5-3-4-11-9-12(16)10-17-15(11)13/h3-5,9-10H,2,6-8H2,1H3,(H,18,19). The van der Waals surface area contributed by atoms with Gasteiger partial charge in [0.2, 0.25) is 5.91 Å². The highest BCUT2D eigenvalue weighted by Crippen LogP contribution is 2.23. The lowest BCUT2D eigenvalue weighted by Crippen LogP contribution is -2.14. The molecule has 1 heterocycles. The Morgan fingerprint density at radius 1 is 1.40 bits per heavy atom. The van der Waals surface area contributed by atoms with E-state index in [2.05, 4.69) is 26.2 Å². The smallest absolute Gasteiger partial charge is 0.226 e. The summed E-state index contributed by atoms with van der Waals surface area (Å²) in [5.74, 6) is -0.0571. The van der Waals surface area contributed by atoms with Crippen molar-refractivity contribution in [2.24, 2.45) is 0 Å². The third-order valence-electron chi connectivity index (χ3n) is 2.77. The summed E-state index contributed by atoms with van der Waals surface area (Å²) in [6.07, 6.45) is 3.04. The highest BCUT2D eigenvalue weighted by molar-refractivity contribution is 9.10. The van der Waals surface area contributed by atoms with Crippen LogP contribution in [0.3, 0.4) is 0 Å². The van der Waals surface area contributed by atoms with Crippen molar-refractivity contribution in [2.45, 2.75) is 19.8 Å². The van der Waals surface area contributed by atoms with Gasteiger partial charge in [-0.2, -0.15) is 0 Å². The SMILES string of the molecule is CCCOCCC(=O)Nc1cccc2cc(Br)cnc12. The van der Waals surface area contributed by atoms with Crippen LogP contribution in [0, 0.1) is 0 Å². The van der Waals surface area contributed by atoms with Crippen molar-refractivity contribution in [3.8, 4) is 0 Å². The van der Waals surface area contributed by atoms with Gasteiger partial charge in [0, 0.05) is 22.7 Å². The number of nitrogens with zero attached hydrogens (tertiary/aromatic N) is 1. The van der Waals surface area contributed by atoms with Crippen molar-refractivity contribution < 1.29 is 9.53 Å². The van der Waals surface area contributed by atoms with Gasteiger partial charge in [0.1, 0.15) is 0 Å². The summed E-state index contributed by atoms with van der Waals surface area (Å²) in [4.78, 5) is 16.2. The van der Waals surface area contributed by atoms with Crippen LogP contribution in [-0.2, 0) is 9.53 Å². The molecule has 0 fully saturated rings. The number of anilines is 1. The lowest BCUT2D eigenvalue weighted by atomic mass is 10.2. The second-order valence-corrected chi connectivity index (χ2v) is 5.36. The van der Waals surface area contributed by atoms with E-state index in [-0.39, 0.29) is 5.91 Å². The highest BCUT2D eigenvalue weighted by Gasteiger charge is 2.07. The molecule has 0 saturated heterocycles. The fourth-order valence-corrected chi connectivity index (χ4v) is 2.21. The predicted octanol–water partition coefficient (Wildman–Crippen LogP) is 3.75. The molecule has 5 heteroatoms. The Morgan fingerprint density at radius 2 is 2.25 bits per heavy atom. The van der Waals surface area contributed by atoms with E-state index in [1.165, 1.54) is 0 Å². The minimum Gasteiger partial charge on any atom is -0.381 e. The quantitative estimate of drug-likeness (QED) is 0.817. The normalized spacial score (nSPS) is 10.7. The van der Waals surface area contributed by atoms with Crippen molar-refractivity contribution in [1.82, 2.24) is 4.98 Å². The molecule has 0 aliphatic carbocycles. The van der Waals surface area contributed by atoms with Crippen LogP contribution in [0.15, 0.2) is 34.9 Å². The Balaban J connectivity index is 2.04. The summed E-state index contributed by atoms with van der Waals surface area (Å²) in [6, 6.07) is 7.70. The number of carbonyl (C=O) groups is 1. The van der Waals surface area contributed by atoms with Crippen molar-refractivity contribution in [1.29, 1.82) is 0 Å². The number of rotatable bonds is 6. The number of para-hydroxylation sites is 1. The van der Waals surface area contributed by atoms with E-state index in [0.29, 0.717) is 19.6 Å². The number of halogens is 1. The first-order valence-electron chi connectivity index (χ1n) is 6.62. The zero-order valence-corrected chi connectivity index (χ0v) is 12.9. The molecule has 106 valence electrons.